The predicted octanol–water partition coefficient (Wildman–Crippen LogP) is 3.17. The summed E-state index contributed by atoms with van der Waals surface area (Å²) in [5, 5.41) is 9.90. The lowest BCUT2D eigenvalue weighted by atomic mass is 10.1. The van der Waals surface area contributed by atoms with Gasteiger partial charge in [0.1, 0.15) is 6.10 Å². The molecular weight excluding hydrogens is 368 g/mol. The normalized spacial score (nSPS) is 15.8. The molecule has 1 aliphatic heterocycles. The van der Waals surface area contributed by atoms with Gasteiger partial charge in [-0.1, -0.05) is 12.1 Å². The number of anilines is 2. The Balaban J connectivity index is 1.29. The molecule has 1 unspecified atom stereocenters. The molecule has 1 atom stereocenters. The number of hydrogen-bond donors (Lipinski definition) is 2. The van der Waals surface area contributed by atoms with Gasteiger partial charge in [0.2, 0.25) is 5.91 Å². The summed E-state index contributed by atoms with van der Waals surface area (Å²) in [5.41, 5.74) is 3.22. The molecule has 0 radical (unpaired) electrons. The lowest BCUT2D eigenvalue weighted by Crippen LogP contribution is -2.26. The maximum Gasteiger partial charge on any atom is 0.253 e. The van der Waals surface area contributed by atoms with Crippen LogP contribution in [0.4, 0.5) is 11.4 Å². The minimum absolute atomic E-state index is 0.104. The number of rotatable bonds is 6. The van der Waals surface area contributed by atoms with Crippen molar-refractivity contribution in [2.45, 2.75) is 25.4 Å². The molecule has 29 heavy (non-hydrogen) atoms. The van der Waals surface area contributed by atoms with Crippen molar-refractivity contribution in [3.63, 3.8) is 0 Å². The Morgan fingerprint density at radius 1 is 1.03 bits per heavy atom. The van der Waals surface area contributed by atoms with Crippen molar-refractivity contribution in [2.75, 3.05) is 17.2 Å². The molecule has 4 rings (SSSR count). The molecule has 0 saturated carbocycles. The topological polar surface area (TPSA) is 85.3 Å². The van der Waals surface area contributed by atoms with Crippen LogP contribution in [0.25, 0.3) is 5.69 Å². The molecular formula is C22H22N4O3. The first-order valence-corrected chi connectivity index (χ1v) is 9.59. The number of carbonyl (C=O) groups excluding carboxylic acids is 2. The molecule has 148 valence electrons. The minimum Gasteiger partial charge on any atom is -0.368 e. The van der Waals surface area contributed by atoms with Crippen molar-refractivity contribution >= 4 is 23.2 Å². The van der Waals surface area contributed by atoms with Crippen LogP contribution >= 0.6 is 0 Å². The number of nitrogens with zero attached hydrogens (tertiary/aromatic N) is 2. The van der Waals surface area contributed by atoms with Crippen molar-refractivity contribution < 1.29 is 14.3 Å². The molecule has 1 fully saturated rings. The van der Waals surface area contributed by atoms with Crippen molar-refractivity contribution in [1.82, 2.24) is 9.78 Å². The van der Waals surface area contributed by atoms with E-state index in [1.54, 1.807) is 35.1 Å². The van der Waals surface area contributed by atoms with Crippen molar-refractivity contribution in [3.05, 3.63) is 72.6 Å². The first-order chi connectivity index (χ1) is 14.2. The second-order valence-corrected chi connectivity index (χ2v) is 6.91. The molecule has 2 N–H and O–H groups in total. The highest BCUT2D eigenvalue weighted by atomic mass is 16.5. The van der Waals surface area contributed by atoms with Crippen LogP contribution in [0.15, 0.2) is 67.0 Å². The zero-order valence-electron chi connectivity index (χ0n) is 15.9. The van der Waals surface area contributed by atoms with E-state index < -0.39 is 0 Å². The first kappa shape index (κ1) is 18.9. The Kier molecular flexibility index (Phi) is 5.67. The third kappa shape index (κ3) is 4.89. The summed E-state index contributed by atoms with van der Waals surface area (Å²) in [6.07, 6.45) is 5.17. The summed E-state index contributed by atoms with van der Waals surface area (Å²) in [6.45, 7) is 0.634. The fourth-order valence-electron chi connectivity index (χ4n) is 3.22. The van der Waals surface area contributed by atoms with Gasteiger partial charge < -0.3 is 15.4 Å². The highest BCUT2D eigenvalue weighted by molar-refractivity contribution is 5.95. The summed E-state index contributed by atoms with van der Waals surface area (Å²) in [4.78, 5) is 24.4. The molecule has 2 heterocycles. The number of carbonyl (C=O) groups is 2. The second-order valence-electron chi connectivity index (χ2n) is 6.91. The summed E-state index contributed by atoms with van der Waals surface area (Å²) < 4.78 is 7.14. The molecule has 2 aromatic carbocycles. The SMILES string of the molecule is O=C(Cc1ccc(-n2cccn2)cc1)Nc1ccc(NC(=O)C2CCCO2)cc1. The zero-order chi connectivity index (χ0) is 20.1. The van der Waals surface area contributed by atoms with Gasteiger partial charge in [0.25, 0.3) is 5.91 Å². The van der Waals surface area contributed by atoms with Gasteiger partial charge in [0, 0.05) is 30.4 Å². The van der Waals surface area contributed by atoms with E-state index in [2.05, 4.69) is 15.7 Å². The predicted molar refractivity (Wildman–Crippen MR) is 110 cm³/mol. The fourth-order valence-corrected chi connectivity index (χ4v) is 3.22. The third-order valence-electron chi connectivity index (χ3n) is 4.73. The third-order valence-corrected chi connectivity index (χ3v) is 4.73. The molecule has 0 spiro atoms. The van der Waals surface area contributed by atoms with Crippen LogP contribution in [0, 0.1) is 0 Å². The van der Waals surface area contributed by atoms with E-state index >= 15 is 0 Å². The molecule has 7 nitrogen and oxygen atoms in total. The highest BCUT2D eigenvalue weighted by Crippen LogP contribution is 2.18. The van der Waals surface area contributed by atoms with E-state index in [1.807, 2.05) is 36.5 Å². The van der Waals surface area contributed by atoms with Crippen molar-refractivity contribution in [3.8, 4) is 5.69 Å². The Hall–Kier alpha value is -3.45. The molecule has 7 heteroatoms. The van der Waals surface area contributed by atoms with E-state index in [-0.39, 0.29) is 24.3 Å². The maximum atomic E-state index is 12.3. The zero-order valence-corrected chi connectivity index (χ0v) is 15.9. The fraction of sp³-hybridized carbons (Fsp3) is 0.227. The standard InChI is InChI=1S/C22H22N4O3/c27-21(15-16-4-10-19(11-5-16)26-13-2-12-23-26)24-17-6-8-18(9-7-17)25-22(28)20-3-1-14-29-20/h2,4-13,20H,1,3,14-15H2,(H,24,27)(H,25,28). The summed E-state index contributed by atoms with van der Waals surface area (Å²) in [7, 11) is 0. The largest absolute Gasteiger partial charge is 0.368 e. The van der Waals surface area contributed by atoms with Gasteiger partial charge >= 0.3 is 0 Å². The van der Waals surface area contributed by atoms with Crippen LogP contribution in [0.3, 0.4) is 0 Å². The number of benzene rings is 2. The van der Waals surface area contributed by atoms with E-state index in [4.69, 9.17) is 4.74 Å². The Morgan fingerprint density at radius 3 is 2.38 bits per heavy atom. The Labute approximate surface area is 168 Å². The summed E-state index contributed by atoms with van der Waals surface area (Å²) in [5.74, 6) is -0.231. The van der Waals surface area contributed by atoms with Crippen LogP contribution in [0.2, 0.25) is 0 Å². The molecule has 0 bridgehead atoms. The lowest BCUT2D eigenvalue weighted by molar-refractivity contribution is -0.124. The lowest BCUT2D eigenvalue weighted by Gasteiger charge is -2.11. The van der Waals surface area contributed by atoms with Crippen LogP contribution < -0.4 is 10.6 Å². The molecule has 0 aliphatic carbocycles. The van der Waals surface area contributed by atoms with Crippen LogP contribution in [0.5, 0.6) is 0 Å². The van der Waals surface area contributed by atoms with Crippen LogP contribution in [-0.2, 0) is 20.7 Å². The van der Waals surface area contributed by atoms with Gasteiger partial charge in [-0.25, -0.2) is 4.68 Å². The maximum absolute atomic E-state index is 12.3. The molecule has 1 saturated heterocycles. The quantitative estimate of drug-likeness (QED) is 0.677. The average Bonchev–Trinajstić information content (AvgIpc) is 3.44. The number of nitrogens with one attached hydrogen (secondary N) is 2. The van der Waals surface area contributed by atoms with Gasteiger partial charge in [-0.3, -0.25) is 9.59 Å². The second kappa shape index (κ2) is 8.70. The monoisotopic (exact) mass is 390 g/mol. The molecule has 1 aromatic heterocycles. The number of hydrogen-bond acceptors (Lipinski definition) is 4. The minimum atomic E-state index is -0.367. The molecule has 2 amide bonds. The number of amides is 2. The summed E-state index contributed by atoms with van der Waals surface area (Å²) in [6, 6.07) is 16.6. The van der Waals surface area contributed by atoms with Gasteiger partial charge in [-0.15, -0.1) is 0 Å². The number of aromatic nitrogens is 2. The van der Waals surface area contributed by atoms with Crippen LogP contribution in [-0.4, -0.2) is 34.3 Å². The van der Waals surface area contributed by atoms with Crippen molar-refractivity contribution in [1.29, 1.82) is 0 Å². The summed E-state index contributed by atoms with van der Waals surface area (Å²) >= 11 is 0. The van der Waals surface area contributed by atoms with E-state index in [0.29, 0.717) is 18.0 Å². The van der Waals surface area contributed by atoms with E-state index in [9.17, 15) is 9.59 Å². The Morgan fingerprint density at radius 2 is 1.76 bits per heavy atom. The first-order valence-electron chi connectivity index (χ1n) is 9.59. The molecule has 3 aromatic rings. The highest BCUT2D eigenvalue weighted by Gasteiger charge is 2.23. The Bertz CT molecular complexity index is 960. The van der Waals surface area contributed by atoms with Gasteiger partial charge in [0.15, 0.2) is 0 Å². The van der Waals surface area contributed by atoms with E-state index in [1.165, 1.54) is 0 Å². The smallest absolute Gasteiger partial charge is 0.253 e. The van der Waals surface area contributed by atoms with Gasteiger partial charge in [-0.2, -0.15) is 5.10 Å². The number of ether oxygens (including phenoxy) is 1. The van der Waals surface area contributed by atoms with Crippen LogP contribution in [0.1, 0.15) is 18.4 Å². The van der Waals surface area contributed by atoms with Gasteiger partial charge in [0.05, 0.1) is 12.1 Å². The van der Waals surface area contributed by atoms with E-state index in [0.717, 1.165) is 24.1 Å². The average molecular weight is 390 g/mol. The molecule has 1 aliphatic rings. The van der Waals surface area contributed by atoms with Crippen molar-refractivity contribution in [2.24, 2.45) is 0 Å². The van der Waals surface area contributed by atoms with Gasteiger partial charge in [-0.05, 0) is 60.9 Å².